The molecule has 1 aliphatic rings. The van der Waals surface area contributed by atoms with Crippen LogP contribution in [0.2, 0.25) is 0 Å². The van der Waals surface area contributed by atoms with Gasteiger partial charge in [0.05, 0.1) is 4.75 Å². The molecule has 0 saturated carbocycles. The Morgan fingerprint density at radius 2 is 2.46 bits per heavy atom. The molecule has 0 aromatic rings. The van der Waals surface area contributed by atoms with Gasteiger partial charge >= 0.3 is 0 Å². The van der Waals surface area contributed by atoms with Crippen molar-refractivity contribution in [3.05, 3.63) is 0 Å². The zero-order valence-electron chi connectivity index (χ0n) is 8.14. The Morgan fingerprint density at radius 1 is 1.69 bits per heavy atom. The number of carbonyl (C=O) groups is 1. The predicted octanol–water partition coefficient (Wildman–Crippen LogP) is 2.64. The van der Waals surface area contributed by atoms with Crippen LogP contribution >= 0.6 is 11.8 Å². The number of rotatable bonds is 4. The minimum absolute atomic E-state index is 0.0887. The average Bonchev–Trinajstić information content (AvgIpc) is 2.54. The second-order valence-electron chi connectivity index (χ2n) is 3.66. The van der Waals surface area contributed by atoms with Gasteiger partial charge in [-0.05, 0) is 31.9 Å². The van der Waals surface area contributed by atoms with Crippen LogP contribution in [0.3, 0.4) is 0 Å². The first-order valence-electron chi connectivity index (χ1n) is 4.80. The third-order valence-electron chi connectivity index (χ3n) is 2.53. The summed E-state index contributed by atoms with van der Waals surface area (Å²) in [6, 6.07) is 0. The highest BCUT2D eigenvalue weighted by Gasteiger charge is 2.35. The van der Waals surface area contributed by atoms with Crippen molar-refractivity contribution in [3.63, 3.8) is 0 Å². The molecule has 1 nitrogen and oxygen atoms in total. The number of hydrogen-bond acceptors (Lipinski definition) is 2. The van der Waals surface area contributed by atoms with Crippen molar-refractivity contribution in [2.75, 3.05) is 5.75 Å². The molecule has 2 heteroatoms. The molecule has 0 aliphatic carbocycles. The maximum absolute atomic E-state index is 11.8. The highest BCUT2D eigenvalue weighted by molar-refractivity contribution is 8.01. The van der Waals surface area contributed by atoms with Gasteiger partial charge in [0.1, 0.15) is 5.78 Å². The molecule has 0 N–H and O–H groups in total. The molecular formula is C11H16OS. The van der Waals surface area contributed by atoms with E-state index in [1.54, 1.807) is 0 Å². The summed E-state index contributed by atoms with van der Waals surface area (Å²) in [6.45, 7) is 2.07. The number of thioether (sulfide) groups is 1. The number of terminal acetylenes is 1. The highest BCUT2D eigenvalue weighted by atomic mass is 32.2. The van der Waals surface area contributed by atoms with E-state index >= 15 is 0 Å². The molecule has 1 atom stereocenters. The summed E-state index contributed by atoms with van der Waals surface area (Å²) >= 11 is 1.81. The van der Waals surface area contributed by atoms with Crippen LogP contribution in [-0.2, 0) is 4.79 Å². The second kappa shape index (κ2) is 4.72. The van der Waals surface area contributed by atoms with Crippen molar-refractivity contribution in [2.45, 2.75) is 43.8 Å². The zero-order valence-corrected chi connectivity index (χ0v) is 8.95. The van der Waals surface area contributed by atoms with Crippen molar-refractivity contribution in [2.24, 2.45) is 0 Å². The average molecular weight is 196 g/mol. The lowest BCUT2D eigenvalue weighted by Crippen LogP contribution is -2.28. The quantitative estimate of drug-likeness (QED) is 0.508. The standard InChI is InChI=1S/C11H16OS/c1-3-4-5-7-10(12)11(2)8-6-9-13-11/h1H,4-9H2,2H3. The molecule has 13 heavy (non-hydrogen) atoms. The minimum atomic E-state index is -0.0887. The van der Waals surface area contributed by atoms with E-state index in [0.29, 0.717) is 12.2 Å². The molecule has 72 valence electrons. The van der Waals surface area contributed by atoms with Gasteiger partial charge in [0.2, 0.25) is 0 Å². The summed E-state index contributed by atoms with van der Waals surface area (Å²) in [7, 11) is 0. The van der Waals surface area contributed by atoms with E-state index in [0.717, 1.165) is 25.0 Å². The van der Waals surface area contributed by atoms with Gasteiger partial charge in [0.15, 0.2) is 0 Å². The third-order valence-corrected chi connectivity index (χ3v) is 4.10. The normalized spacial score (nSPS) is 27.1. The monoisotopic (exact) mass is 196 g/mol. The Kier molecular flexibility index (Phi) is 3.87. The van der Waals surface area contributed by atoms with E-state index in [4.69, 9.17) is 6.42 Å². The molecular weight excluding hydrogens is 180 g/mol. The predicted molar refractivity (Wildman–Crippen MR) is 57.8 cm³/mol. The fourth-order valence-corrected chi connectivity index (χ4v) is 2.91. The molecule has 1 aliphatic heterocycles. The summed E-state index contributed by atoms with van der Waals surface area (Å²) in [5.41, 5.74) is 0. The first kappa shape index (κ1) is 10.7. The van der Waals surface area contributed by atoms with E-state index in [-0.39, 0.29) is 4.75 Å². The Balaban J connectivity index is 2.34. The lowest BCUT2D eigenvalue weighted by atomic mass is 9.96. The van der Waals surface area contributed by atoms with Crippen LogP contribution in [0.25, 0.3) is 0 Å². The number of carbonyl (C=O) groups excluding carboxylic acids is 1. The summed E-state index contributed by atoms with van der Waals surface area (Å²) in [4.78, 5) is 11.8. The Labute approximate surface area is 84.7 Å². The highest BCUT2D eigenvalue weighted by Crippen LogP contribution is 2.39. The molecule has 0 aromatic heterocycles. The zero-order chi connectivity index (χ0) is 9.73. The van der Waals surface area contributed by atoms with Crippen molar-refractivity contribution >= 4 is 17.5 Å². The summed E-state index contributed by atoms with van der Waals surface area (Å²) < 4.78 is -0.0887. The van der Waals surface area contributed by atoms with Gasteiger partial charge in [-0.3, -0.25) is 4.79 Å². The van der Waals surface area contributed by atoms with Crippen molar-refractivity contribution in [1.82, 2.24) is 0 Å². The Morgan fingerprint density at radius 3 is 3.00 bits per heavy atom. The Bertz CT molecular complexity index is 221. The molecule has 1 heterocycles. The first-order chi connectivity index (χ1) is 6.19. The first-order valence-corrected chi connectivity index (χ1v) is 5.78. The maximum Gasteiger partial charge on any atom is 0.148 e. The fourth-order valence-electron chi connectivity index (χ4n) is 1.61. The van der Waals surface area contributed by atoms with E-state index in [1.807, 2.05) is 11.8 Å². The molecule has 0 amide bonds. The number of ketones is 1. The van der Waals surface area contributed by atoms with Crippen molar-refractivity contribution < 1.29 is 4.79 Å². The van der Waals surface area contributed by atoms with Crippen LogP contribution in [0.4, 0.5) is 0 Å². The summed E-state index contributed by atoms with van der Waals surface area (Å²) in [5, 5.41) is 0. The number of hydrogen-bond donors (Lipinski definition) is 0. The molecule has 1 saturated heterocycles. The van der Waals surface area contributed by atoms with E-state index in [9.17, 15) is 4.79 Å². The lowest BCUT2D eigenvalue weighted by Gasteiger charge is -2.20. The van der Waals surface area contributed by atoms with E-state index in [1.165, 1.54) is 6.42 Å². The minimum Gasteiger partial charge on any atom is -0.298 e. The summed E-state index contributed by atoms with van der Waals surface area (Å²) in [6.07, 6.45) is 9.61. The molecule has 1 unspecified atom stereocenters. The van der Waals surface area contributed by atoms with Gasteiger partial charge in [-0.25, -0.2) is 0 Å². The van der Waals surface area contributed by atoms with Gasteiger partial charge < -0.3 is 0 Å². The van der Waals surface area contributed by atoms with Crippen LogP contribution in [0.1, 0.15) is 39.0 Å². The molecule has 1 fully saturated rings. The number of unbranched alkanes of at least 4 members (excludes halogenated alkanes) is 1. The van der Waals surface area contributed by atoms with Crippen LogP contribution < -0.4 is 0 Å². The van der Waals surface area contributed by atoms with Crippen LogP contribution in [0.15, 0.2) is 0 Å². The maximum atomic E-state index is 11.8. The van der Waals surface area contributed by atoms with Crippen LogP contribution in [0.5, 0.6) is 0 Å². The van der Waals surface area contributed by atoms with Gasteiger partial charge in [-0.2, -0.15) is 0 Å². The van der Waals surface area contributed by atoms with Crippen LogP contribution in [0, 0.1) is 12.3 Å². The molecule has 0 aromatic carbocycles. The van der Waals surface area contributed by atoms with Gasteiger partial charge in [-0.15, -0.1) is 24.1 Å². The van der Waals surface area contributed by atoms with Crippen molar-refractivity contribution in [1.29, 1.82) is 0 Å². The second-order valence-corrected chi connectivity index (χ2v) is 5.26. The smallest absolute Gasteiger partial charge is 0.148 e. The van der Waals surface area contributed by atoms with Gasteiger partial charge in [-0.1, -0.05) is 0 Å². The molecule has 1 rings (SSSR count). The summed E-state index contributed by atoms with van der Waals surface area (Å²) in [5.74, 6) is 4.10. The van der Waals surface area contributed by atoms with E-state index in [2.05, 4.69) is 12.8 Å². The molecule has 0 radical (unpaired) electrons. The largest absolute Gasteiger partial charge is 0.298 e. The fraction of sp³-hybridized carbons (Fsp3) is 0.727. The third kappa shape index (κ3) is 2.77. The molecule has 0 bridgehead atoms. The molecule has 0 spiro atoms. The lowest BCUT2D eigenvalue weighted by molar-refractivity contribution is -0.121. The topological polar surface area (TPSA) is 17.1 Å². The van der Waals surface area contributed by atoms with Crippen LogP contribution in [-0.4, -0.2) is 16.3 Å². The van der Waals surface area contributed by atoms with E-state index < -0.39 is 0 Å². The van der Waals surface area contributed by atoms with Crippen molar-refractivity contribution in [3.8, 4) is 12.3 Å². The van der Waals surface area contributed by atoms with Gasteiger partial charge in [0.25, 0.3) is 0 Å². The van der Waals surface area contributed by atoms with Gasteiger partial charge in [0, 0.05) is 12.8 Å². The SMILES string of the molecule is C#CCCCC(=O)C1(C)CCCS1. The number of Topliss-reactive ketones (excluding diaryl/α,β-unsaturated/α-hetero) is 1. The Hall–Kier alpha value is -0.420.